The molecule has 0 aromatic rings. The number of hydrogen-bond donors (Lipinski definition) is 2. The van der Waals surface area contributed by atoms with Crippen LogP contribution in [-0.4, -0.2) is 38.7 Å². The maximum absolute atomic E-state index is 11.8. The zero-order valence-corrected chi connectivity index (χ0v) is 12.1. The Morgan fingerprint density at radius 2 is 1.89 bits per heavy atom. The third-order valence-electron chi connectivity index (χ3n) is 2.68. The molecule has 0 aliphatic heterocycles. The molecule has 0 bridgehead atoms. The highest BCUT2D eigenvalue weighted by molar-refractivity contribution is 7.86. The molecule has 3 atom stereocenters. The zero-order valence-electron chi connectivity index (χ0n) is 11.3. The minimum absolute atomic E-state index is 0.0128. The van der Waals surface area contributed by atoms with E-state index in [2.05, 4.69) is 12.2 Å². The SMILES string of the molecule is CCCCCNC(=O)C(C)S(=O)CC(C)C(=O)O. The highest BCUT2D eigenvalue weighted by Gasteiger charge is 2.23. The zero-order chi connectivity index (χ0) is 14.1. The number of hydrogen-bond acceptors (Lipinski definition) is 3. The van der Waals surface area contributed by atoms with Crippen LogP contribution in [0.15, 0.2) is 0 Å². The summed E-state index contributed by atoms with van der Waals surface area (Å²) in [5.74, 6) is -1.93. The summed E-state index contributed by atoms with van der Waals surface area (Å²) in [5.41, 5.74) is 0. The molecule has 0 fully saturated rings. The van der Waals surface area contributed by atoms with E-state index in [9.17, 15) is 13.8 Å². The van der Waals surface area contributed by atoms with E-state index in [0.29, 0.717) is 6.54 Å². The third-order valence-corrected chi connectivity index (χ3v) is 4.51. The monoisotopic (exact) mass is 277 g/mol. The van der Waals surface area contributed by atoms with Gasteiger partial charge in [0.15, 0.2) is 0 Å². The Labute approximate surface area is 111 Å². The van der Waals surface area contributed by atoms with Gasteiger partial charge < -0.3 is 10.4 Å². The van der Waals surface area contributed by atoms with Crippen molar-refractivity contribution in [1.29, 1.82) is 0 Å². The van der Waals surface area contributed by atoms with Crippen molar-refractivity contribution in [1.82, 2.24) is 5.32 Å². The summed E-state index contributed by atoms with van der Waals surface area (Å²) in [4.78, 5) is 22.3. The quantitative estimate of drug-likeness (QED) is 0.619. The molecule has 0 saturated heterocycles. The molecule has 6 heteroatoms. The lowest BCUT2D eigenvalue weighted by Crippen LogP contribution is -2.38. The number of nitrogens with one attached hydrogen (secondary N) is 1. The first-order valence-electron chi connectivity index (χ1n) is 6.27. The Hall–Kier alpha value is -0.910. The van der Waals surface area contributed by atoms with Crippen LogP contribution in [-0.2, 0) is 20.4 Å². The van der Waals surface area contributed by atoms with Crippen molar-refractivity contribution in [2.75, 3.05) is 12.3 Å². The average molecular weight is 277 g/mol. The predicted octanol–water partition coefficient (Wildman–Crippen LogP) is 1.15. The molecule has 0 aliphatic rings. The topological polar surface area (TPSA) is 83.5 Å². The fourth-order valence-electron chi connectivity index (χ4n) is 1.31. The molecule has 2 N–H and O–H groups in total. The fraction of sp³-hybridized carbons (Fsp3) is 0.833. The number of carbonyl (C=O) groups is 2. The van der Waals surface area contributed by atoms with Gasteiger partial charge in [-0.3, -0.25) is 13.8 Å². The largest absolute Gasteiger partial charge is 0.481 e. The van der Waals surface area contributed by atoms with E-state index in [4.69, 9.17) is 5.11 Å². The maximum atomic E-state index is 11.8. The molecule has 106 valence electrons. The number of rotatable bonds is 9. The van der Waals surface area contributed by atoms with E-state index in [1.807, 2.05) is 0 Å². The second-order valence-electron chi connectivity index (χ2n) is 4.43. The number of aliphatic carboxylic acids is 1. The molecule has 5 nitrogen and oxygen atoms in total. The first-order chi connectivity index (χ1) is 8.40. The molecule has 0 saturated carbocycles. The molecule has 3 unspecified atom stereocenters. The summed E-state index contributed by atoms with van der Waals surface area (Å²) in [7, 11) is -1.45. The predicted molar refractivity (Wildman–Crippen MR) is 71.8 cm³/mol. The number of carboxylic acid groups (broad SMARTS) is 1. The van der Waals surface area contributed by atoms with Crippen LogP contribution in [0.25, 0.3) is 0 Å². The molecular weight excluding hydrogens is 254 g/mol. The van der Waals surface area contributed by atoms with Crippen LogP contribution >= 0.6 is 0 Å². The van der Waals surface area contributed by atoms with Crippen molar-refractivity contribution in [2.24, 2.45) is 5.92 Å². The van der Waals surface area contributed by atoms with Crippen LogP contribution in [0.5, 0.6) is 0 Å². The second-order valence-corrected chi connectivity index (χ2v) is 6.23. The van der Waals surface area contributed by atoms with E-state index < -0.39 is 27.9 Å². The van der Waals surface area contributed by atoms with Crippen molar-refractivity contribution in [3.05, 3.63) is 0 Å². The van der Waals surface area contributed by atoms with Crippen molar-refractivity contribution in [3.63, 3.8) is 0 Å². The molecule has 1 amide bonds. The summed E-state index contributed by atoms with van der Waals surface area (Å²) < 4.78 is 11.8. The summed E-state index contributed by atoms with van der Waals surface area (Å²) in [6.45, 7) is 5.72. The van der Waals surface area contributed by atoms with Gasteiger partial charge in [0, 0.05) is 23.1 Å². The summed E-state index contributed by atoms with van der Waals surface area (Å²) in [6.07, 6.45) is 3.04. The lowest BCUT2D eigenvalue weighted by Gasteiger charge is -2.13. The molecular formula is C12H23NO4S. The van der Waals surface area contributed by atoms with Crippen molar-refractivity contribution < 1.29 is 18.9 Å². The minimum atomic E-state index is -1.45. The standard InChI is InChI=1S/C12H23NO4S/c1-4-5-6-7-13-11(14)10(3)18(17)8-9(2)12(15)16/h9-10H,4-8H2,1-3H3,(H,13,14)(H,15,16). The van der Waals surface area contributed by atoms with Gasteiger partial charge in [-0.1, -0.05) is 26.7 Å². The van der Waals surface area contributed by atoms with Gasteiger partial charge in [0.1, 0.15) is 5.25 Å². The summed E-state index contributed by atoms with van der Waals surface area (Å²) >= 11 is 0. The van der Waals surface area contributed by atoms with E-state index in [0.717, 1.165) is 19.3 Å². The van der Waals surface area contributed by atoms with Gasteiger partial charge in [0.05, 0.1) is 5.92 Å². The Morgan fingerprint density at radius 1 is 1.28 bits per heavy atom. The molecule has 0 radical (unpaired) electrons. The van der Waals surface area contributed by atoms with Gasteiger partial charge in [-0.15, -0.1) is 0 Å². The molecule has 0 aromatic carbocycles. The van der Waals surface area contributed by atoms with Crippen LogP contribution in [0.1, 0.15) is 40.0 Å². The van der Waals surface area contributed by atoms with Crippen molar-refractivity contribution in [3.8, 4) is 0 Å². The van der Waals surface area contributed by atoms with Gasteiger partial charge in [-0.25, -0.2) is 0 Å². The van der Waals surface area contributed by atoms with Crippen LogP contribution in [0, 0.1) is 5.92 Å². The Kier molecular flexibility index (Phi) is 8.62. The van der Waals surface area contributed by atoms with Crippen LogP contribution in [0.2, 0.25) is 0 Å². The number of carbonyl (C=O) groups excluding carboxylic acids is 1. The maximum Gasteiger partial charge on any atom is 0.307 e. The van der Waals surface area contributed by atoms with Crippen LogP contribution in [0.4, 0.5) is 0 Å². The van der Waals surface area contributed by atoms with Gasteiger partial charge in [0.25, 0.3) is 0 Å². The highest BCUT2D eigenvalue weighted by Crippen LogP contribution is 2.04. The molecule has 0 rings (SSSR count). The molecule has 0 heterocycles. The van der Waals surface area contributed by atoms with E-state index >= 15 is 0 Å². The molecule has 0 spiro atoms. The number of carboxylic acids is 1. The second kappa shape index (κ2) is 9.08. The van der Waals surface area contributed by atoms with Crippen LogP contribution < -0.4 is 5.32 Å². The number of amides is 1. The molecule has 18 heavy (non-hydrogen) atoms. The lowest BCUT2D eigenvalue weighted by atomic mass is 10.2. The first-order valence-corrected chi connectivity index (χ1v) is 7.66. The summed E-state index contributed by atoms with van der Waals surface area (Å²) in [6, 6.07) is 0. The first kappa shape index (κ1) is 17.1. The summed E-state index contributed by atoms with van der Waals surface area (Å²) in [5, 5.41) is 10.8. The van der Waals surface area contributed by atoms with Gasteiger partial charge >= 0.3 is 5.97 Å². The molecule has 0 aliphatic carbocycles. The Bertz CT molecular complexity index is 306. The Balaban J connectivity index is 4.04. The van der Waals surface area contributed by atoms with E-state index in [-0.39, 0.29) is 11.7 Å². The molecule has 0 aromatic heterocycles. The minimum Gasteiger partial charge on any atom is -0.481 e. The third kappa shape index (κ3) is 6.74. The normalized spacial score (nSPS) is 15.7. The highest BCUT2D eigenvalue weighted by atomic mass is 32.2. The average Bonchev–Trinajstić information content (AvgIpc) is 2.33. The van der Waals surface area contributed by atoms with Gasteiger partial charge in [-0.05, 0) is 13.3 Å². The lowest BCUT2D eigenvalue weighted by molar-refractivity contribution is -0.140. The van der Waals surface area contributed by atoms with Gasteiger partial charge in [-0.2, -0.15) is 0 Å². The van der Waals surface area contributed by atoms with E-state index in [1.165, 1.54) is 6.92 Å². The Morgan fingerprint density at radius 3 is 2.39 bits per heavy atom. The number of unbranched alkanes of at least 4 members (excludes halogenated alkanes) is 2. The van der Waals surface area contributed by atoms with Crippen molar-refractivity contribution >= 4 is 22.7 Å². The van der Waals surface area contributed by atoms with Crippen molar-refractivity contribution in [2.45, 2.75) is 45.3 Å². The smallest absolute Gasteiger partial charge is 0.307 e. The van der Waals surface area contributed by atoms with Gasteiger partial charge in [0.2, 0.25) is 5.91 Å². The fourth-order valence-corrected chi connectivity index (χ4v) is 2.56. The van der Waals surface area contributed by atoms with E-state index in [1.54, 1.807) is 6.92 Å². The van der Waals surface area contributed by atoms with Crippen LogP contribution in [0.3, 0.4) is 0 Å².